The maximum absolute atomic E-state index is 14.2. The fraction of sp³-hybridized carbons (Fsp3) is 0.435. The van der Waals surface area contributed by atoms with Crippen molar-refractivity contribution in [3.8, 4) is 0 Å². The number of esters is 1. The molecule has 2 amide bonds. The summed E-state index contributed by atoms with van der Waals surface area (Å²) in [4.78, 5) is 39.1. The van der Waals surface area contributed by atoms with E-state index in [2.05, 4.69) is 20.8 Å². The van der Waals surface area contributed by atoms with Crippen LogP contribution in [0.4, 0.5) is 10.1 Å². The Balaban J connectivity index is 1.29. The van der Waals surface area contributed by atoms with Crippen LogP contribution in [0.25, 0.3) is 0 Å². The number of benzene rings is 1. The first-order valence-corrected chi connectivity index (χ1v) is 10.9. The van der Waals surface area contributed by atoms with Crippen LogP contribution in [0.2, 0.25) is 0 Å². The van der Waals surface area contributed by atoms with Gasteiger partial charge in [-0.1, -0.05) is 6.07 Å². The van der Waals surface area contributed by atoms with Crippen molar-refractivity contribution in [3.05, 3.63) is 53.6 Å². The summed E-state index contributed by atoms with van der Waals surface area (Å²) < 4.78 is 19.0. The Labute approximate surface area is 190 Å². The third-order valence-corrected chi connectivity index (χ3v) is 6.27. The number of halogens is 1. The number of rotatable bonds is 7. The number of carbonyl (C=O) groups is 3. The van der Waals surface area contributed by atoms with Crippen molar-refractivity contribution in [2.45, 2.75) is 31.2 Å². The molecule has 2 fully saturated rings. The van der Waals surface area contributed by atoms with Crippen molar-refractivity contribution < 1.29 is 23.5 Å². The normalized spacial score (nSPS) is 17.2. The molecule has 1 saturated heterocycles. The van der Waals surface area contributed by atoms with E-state index < -0.39 is 17.3 Å². The molecule has 1 saturated carbocycles. The van der Waals surface area contributed by atoms with Crippen molar-refractivity contribution >= 4 is 23.5 Å². The van der Waals surface area contributed by atoms with Gasteiger partial charge in [-0.15, -0.1) is 0 Å². The quantitative estimate of drug-likeness (QED) is 0.611. The molecule has 1 aromatic carbocycles. The van der Waals surface area contributed by atoms with Gasteiger partial charge in [0.15, 0.2) is 0 Å². The number of hydrogen-bond donors (Lipinski definition) is 2. The number of amides is 2. The Hall–Kier alpha value is -3.56. The SMILES string of the molecule is COC(=O)c1c(F)cccc1N1CCC(CNC(=O)C2(NC(=O)c3ccnnc3)CC2)CC1. The van der Waals surface area contributed by atoms with E-state index in [4.69, 9.17) is 4.74 Å². The standard InChI is InChI=1S/C23H26FN5O4/c1-33-21(31)19-17(24)3-2-4-18(19)29-11-6-15(7-12-29)13-25-22(32)23(8-9-23)28-20(30)16-5-10-26-27-14-16/h2-5,10,14-15H,6-9,11-13H2,1H3,(H,25,32)(H,28,30). The van der Waals surface area contributed by atoms with E-state index in [-0.39, 0.29) is 23.3 Å². The molecule has 0 radical (unpaired) electrons. The second kappa shape index (κ2) is 9.51. The predicted octanol–water partition coefficient (Wildman–Crippen LogP) is 1.70. The Bertz CT molecular complexity index is 1040. The largest absolute Gasteiger partial charge is 0.465 e. The number of carbonyl (C=O) groups excluding carboxylic acids is 3. The van der Waals surface area contributed by atoms with Crippen molar-refractivity contribution in [2.24, 2.45) is 5.92 Å². The molecule has 2 aromatic rings. The van der Waals surface area contributed by atoms with Gasteiger partial charge in [-0.3, -0.25) is 9.59 Å². The second-order valence-corrected chi connectivity index (χ2v) is 8.43. The van der Waals surface area contributed by atoms with Crippen LogP contribution in [0.3, 0.4) is 0 Å². The molecule has 1 aromatic heterocycles. The van der Waals surface area contributed by atoms with Gasteiger partial charge in [0.1, 0.15) is 16.9 Å². The third-order valence-electron chi connectivity index (χ3n) is 6.27. The van der Waals surface area contributed by atoms with E-state index in [1.807, 2.05) is 4.90 Å². The number of ether oxygens (including phenoxy) is 1. The fourth-order valence-electron chi connectivity index (χ4n) is 4.11. The first-order valence-electron chi connectivity index (χ1n) is 10.9. The molecule has 10 heteroatoms. The lowest BCUT2D eigenvalue weighted by molar-refractivity contribution is -0.124. The number of aromatic nitrogens is 2. The van der Waals surface area contributed by atoms with Gasteiger partial charge in [0.25, 0.3) is 5.91 Å². The van der Waals surface area contributed by atoms with Crippen LogP contribution < -0.4 is 15.5 Å². The molecule has 1 aliphatic heterocycles. The molecule has 9 nitrogen and oxygen atoms in total. The zero-order chi connectivity index (χ0) is 23.4. The maximum Gasteiger partial charge on any atom is 0.342 e. The average molecular weight is 455 g/mol. The number of nitrogens with one attached hydrogen (secondary N) is 2. The first kappa shape index (κ1) is 22.6. The highest BCUT2D eigenvalue weighted by atomic mass is 19.1. The van der Waals surface area contributed by atoms with Gasteiger partial charge in [0.2, 0.25) is 5.91 Å². The highest BCUT2D eigenvalue weighted by Gasteiger charge is 2.51. The highest BCUT2D eigenvalue weighted by molar-refractivity contribution is 6.00. The Morgan fingerprint density at radius 3 is 2.58 bits per heavy atom. The van der Waals surface area contributed by atoms with Crippen LogP contribution in [0.1, 0.15) is 46.4 Å². The Morgan fingerprint density at radius 1 is 1.18 bits per heavy atom. The van der Waals surface area contributed by atoms with E-state index in [0.717, 1.165) is 12.8 Å². The van der Waals surface area contributed by atoms with E-state index >= 15 is 0 Å². The Morgan fingerprint density at radius 2 is 1.94 bits per heavy atom. The molecule has 0 spiro atoms. The summed E-state index contributed by atoms with van der Waals surface area (Å²) in [6.45, 7) is 1.75. The summed E-state index contributed by atoms with van der Waals surface area (Å²) in [7, 11) is 1.23. The van der Waals surface area contributed by atoms with Gasteiger partial charge in [-0.05, 0) is 49.8 Å². The molecule has 0 bridgehead atoms. The second-order valence-electron chi connectivity index (χ2n) is 8.43. The monoisotopic (exact) mass is 455 g/mol. The van der Waals surface area contributed by atoms with Gasteiger partial charge in [-0.25, -0.2) is 9.18 Å². The molecule has 4 rings (SSSR count). The molecule has 1 aliphatic carbocycles. The van der Waals surface area contributed by atoms with Crippen LogP contribution in [0, 0.1) is 11.7 Å². The van der Waals surface area contributed by atoms with Crippen LogP contribution in [0.5, 0.6) is 0 Å². The summed E-state index contributed by atoms with van der Waals surface area (Å²) >= 11 is 0. The summed E-state index contributed by atoms with van der Waals surface area (Å²) in [6.07, 6.45) is 5.54. The van der Waals surface area contributed by atoms with E-state index in [9.17, 15) is 18.8 Å². The number of hydrogen-bond acceptors (Lipinski definition) is 7. The minimum Gasteiger partial charge on any atom is -0.465 e. The van der Waals surface area contributed by atoms with Crippen LogP contribution in [-0.2, 0) is 9.53 Å². The van der Waals surface area contributed by atoms with Crippen LogP contribution in [0.15, 0.2) is 36.7 Å². The zero-order valence-corrected chi connectivity index (χ0v) is 18.3. The fourth-order valence-corrected chi connectivity index (χ4v) is 4.11. The molecule has 2 heterocycles. The molecule has 33 heavy (non-hydrogen) atoms. The lowest BCUT2D eigenvalue weighted by atomic mass is 9.95. The summed E-state index contributed by atoms with van der Waals surface area (Å²) in [5.41, 5.74) is -0.0323. The summed E-state index contributed by atoms with van der Waals surface area (Å²) in [6, 6.07) is 6.09. The van der Waals surface area contributed by atoms with E-state index in [0.29, 0.717) is 43.7 Å². The average Bonchev–Trinajstić information content (AvgIpc) is 3.63. The Kier molecular flexibility index (Phi) is 6.52. The minimum absolute atomic E-state index is 0.0532. The smallest absolute Gasteiger partial charge is 0.342 e. The highest BCUT2D eigenvalue weighted by Crippen LogP contribution is 2.36. The molecular formula is C23H26FN5O4. The first-order chi connectivity index (χ1) is 15.9. The van der Waals surface area contributed by atoms with E-state index in [1.165, 1.54) is 25.6 Å². The molecule has 2 N–H and O–H groups in total. The van der Waals surface area contributed by atoms with Gasteiger partial charge in [0.05, 0.1) is 30.8 Å². The van der Waals surface area contributed by atoms with Crippen LogP contribution >= 0.6 is 0 Å². The van der Waals surface area contributed by atoms with E-state index in [1.54, 1.807) is 18.2 Å². The summed E-state index contributed by atoms with van der Waals surface area (Å²) in [5, 5.41) is 13.1. The third kappa shape index (κ3) is 4.94. The zero-order valence-electron chi connectivity index (χ0n) is 18.3. The molecule has 174 valence electrons. The van der Waals surface area contributed by atoms with Crippen LogP contribution in [-0.4, -0.2) is 60.3 Å². The minimum atomic E-state index is -0.863. The van der Waals surface area contributed by atoms with Gasteiger partial charge in [-0.2, -0.15) is 10.2 Å². The lowest BCUT2D eigenvalue weighted by Crippen LogP contribution is -2.50. The molecule has 2 aliphatic rings. The molecule has 0 unspecified atom stereocenters. The topological polar surface area (TPSA) is 114 Å². The number of methoxy groups -OCH3 is 1. The molecule has 0 atom stereocenters. The van der Waals surface area contributed by atoms with Crippen molar-refractivity contribution in [3.63, 3.8) is 0 Å². The number of piperidine rings is 1. The number of anilines is 1. The van der Waals surface area contributed by atoms with Crippen molar-refractivity contribution in [1.29, 1.82) is 0 Å². The van der Waals surface area contributed by atoms with Crippen molar-refractivity contribution in [1.82, 2.24) is 20.8 Å². The van der Waals surface area contributed by atoms with Crippen molar-refractivity contribution in [2.75, 3.05) is 31.6 Å². The van der Waals surface area contributed by atoms with Gasteiger partial charge < -0.3 is 20.3 Å². The number of nitrogens with zero attached hydrogens (tertiary/aromatic N) is 3. The predicted molar refractivity (Wildman–Crippen MR) is 117 cm³/mol. The van der Waals surface area contributed by atoms with Gasteiger partial charge in [0, 0.05) is 19.6 Å². The molecular weight excluding hydrogens is 429 g/mol. The maximum atomic E-state index is 14.2. The van der Waals surface area contributed by atoms with Gasteiger partial charge >= 0.3 is 5.97 Å². The summed E-state index contributed by atoms with van der Waals surface area (Å²) in [5.74, 6) is -1.58. The lowest BCUT2D eigenvalue weighted by Gasteiger charge is -2.34.